The van der Waals surface area contributed by atoms with E-state index in [0.29, 0.717) is 12.6 Å². The van der Waals surface area contributed by atoms with Crippen LogP contribution in [-0.2, 0) is 11.3 Å². The normalized spacial score (nSPS) is 15.7. The largest absolute Gasteiger partial charge is 0.334 e. The van der Waals surface area contributed by atoms with Crippen molar-refractivity contribution < 1.29 is 4.79 Å². The number of carbonyl (C=O) groups excluding carboxylic acids is 1. The van der Waals surface area contributed by atoms with E-state index in [1.807, 2.05) is 30.0 Å². The van der Waals surface area contributed by atoms with E-state index in [2.05, 4.69) is 32.1 Å². The zero-order valence-corrected chi connectivity index (χ0v) is 13.4. The fraction of sp³-hybridized carbons (Fsp3) is 0.400. The van der Waals surface area contributed by atoms with Gasteiger partial charge in [-0.3, -0.25) is 4.79 Å². The van der Waals surface area contributed by atoms with E-state index in [4.69, 9.17) is 0 Å². The van der Waals surface area contributed by atoms with Crippen LogP contribution in [0.1, 0.15) is 31.4 Å². The van der Waals surface area contributed by atoms with Crippen LogP contribution in [0.5, 0.6) is 0 Å². The molecule has 5 nitrogen and oxygen atoms in total. The molecule has 0 spiro atoms. The van der Waals surface area contributed by atoms with Crippen LogP contribution < -0.4 is 0 Å². The highest BCUT2D eigenvalue weighted by molar-refractivity contribution is 9.10. The van der Waals surface area contributed by atoms with Crippen molar-refractivity contribution in [3.05, 3.63) is 47.0 Å². The summed E-state index contributed by atoms with van der Waals surface area (Å²) in [5.74, 6) is 0.1000. The van der Waals surface area contributed by atoms with Crippen LogP contribution in [0.15, 0.2) is 41.4 Å². The van der Waals surface area contributed by atoms with E-state index in [1.54, 1.807) is 11.0 Å². The number of halogens is 1. The van der Waals surface area contributed by atoms with E-state index in [9.17, 15) is 4.79 Å². The van der Waals surface area contributed by atoms with E-state index in [-0.39, 0.29) is 11.9 Å². The van der Waals surface area contributed by atoms with Crippen LogP contribution in [0.2, 0.25) is 0 Å². The summed E-state index contributed by atoms with van der Waals surface area (Å²) in [6, 6.07) is 8.14. The minimum absolute atomic E-state index is 0.1000. The fourth-order valence-corrected chi connectivity index (χ4v) is 2.82. The van der Waals surface area contributed by atoms with Crippen molar-refractivity contribution in [2.24, 2.45) is 0 Å². The third-order valence-corrected chi connectivity index (χ3v) is 4.20. The van der Waals surface area contributed by atoms with Gasteiger partial charge in [0.05, 0.1) is 0 Å². The summed E-state index contributed by atoms with van der Waals surface area (Å²) in [4.78, 5) is 18.6. The maximum absolute atomic E-state index is 12.7. The van der Waals surface area contributed by atoms with Crippen LogP contribution in [0, 0.1) is 0 Å². The Kier molecular flexibility index (Phi) is 4.05. The molecular formula is C15H17BrN4O. The molecule has 1 aromatic carbocycles. The van der Waals surface area contributed by atoms with Gasteiger partial charge in [-0.05, 0) is 37.5 Å². The molecule has 1 atom stereocenters. The molecule has 0 radical (unpaired) electrons. The van der Waals surface area contributed by atoms with Crippen LogP contribution in [0.3, 0.4) is 0 Å². The molecule has 1 fully saturated rings. The topological polar surface area (TPSA) is 51.0 Å². The lowest BCUT2D eigenvalue weighted by molar-refractivity contribution is -0.135. The first-order chi connectivity index (χ1) is 10.1. The average molecular weight is 349 g/mol. The lowest BCUT2D eigenvalue weighted by Crippen LogP contribution is -2.37. The van der Waals surface area contributed by atoms with Gasteiger partial charge in [0.25, 0.3) is 0 Å². The fourth-order valence-electron chi connectivity index (χ4n) is 2.38. The van der Waals surface area contributed by atoms with Crippen molar-refractivity contribution in [1.82, 2.24) is 19.7 Å². The number of hydrogen-bond donors (Lipinski definition) is 0. The van der Waals surface area contributed by atoms with E-state index in [1.165, 1.54) is 6.33 Å². The van der Waals surface area contributed by atoms with Gasteiger partial charge >= 0.3 is 0 Å². The van der Waals surface area contributed by atoms with Gasteiger partial charge in [-0.1, -0.05) is 28.1 Å². The van der Waals surface area contributed by atoms with Crippen molar-refractivity contribution in [3.63, 3.8) is 0 Å². The van der Waals surface area contributed by atoms with Crippen LogP contribution in [-0.4, -0.2) is 31.6 Å². The zero-order valence-electron chi connectivity index (χ0n) is 11.8. The lowest BCUT2D eigenvalue weighted by atomic mass is 10.2. The maximum atomic E-state index is 12.7. The number of hydrogen-bond acceptors (Lipinski definition) is 3. The number of carbonyl (C=O) groups is 1. The van der Waals surface area contributed by atoms with Crippen LogP contribution in [0.25, 0.3) is 0 Å². The third kappa shape index (κ3) is 3.32. The van der Waals surface area contributed by atoms with Crippen molar-refractivity contribution in [1.29, 1.82) is 0 Å². The molecule has 110 valence electrons. The van der Waals surface area contributed by atoms with Gasteiger partial charge in [-0.25, -0.2) is 9.67 Å². The molecule has 1 heterocycles. The Morgan fingerprint density at radius 2 is 2.33 bits per heavy atom. The Balaban J connectivity index is 1.77. The first-order valence-electron chi connectivity index (χ1n) is 7.04. The summed E-state index contributed by atoms with van der Waals surface area (Å²) in [6.45, 7) is 2.51. The van der Waals surface area contributed by atoms with Crippen LogP contribution >= 0.6 is 15.9 Å². The molecule has 1 aliphatic carbocycles. The highest BCUT2D eigenvalue weighted by Crippen LogP contribution is 2.30. The number of amides is 1. The second-order valence-corrected chi connectivity index (χ2v) is 6.29. The molecule has 2 aromatic rings. The van der Waals surface area contributed by atoms with Gasteiger partial charge in [0.2, 0.25) is 5.91 Å². The summed E-state index contributed by atoms with van der Waals surface area (Å²) in [5.41, 5.74) is 1.13. The predicted octanol–water partition coefficient (Wildman–Crippen LogP) is 2.79. The predicted molar refractivity (Wildman–Crippen MR) is 82.4 cm³/mol. The van der Waals surface area contributed by atoms with Gasteiger partial charge in [0.15, 0.2) is 0 Å². The number of nitrogens with zero attached hydrogens (tertiary/aromatic N) is 4. The Labute approximate surface area is 132 Å². The standard InChI is InChI=1S/C15H17BrN4O/c1-11(20-10-17-9-18-20)15(21)19(14-5-6-14)8-12-3-2-4-13(16)7-12/h2-4,7,9-11,14H,5-6,8H2,1H3/t11-/m1/s1. The van der Waals surface area contributed by atoms with Gasteiger partial charge in [-0.15, -0.1) is 0 Å². The van der Waals surface area contributed by atoms with Gasteiger partial charge < -0.3 is 4.90 Å². The Morgan fingerprint density at radius 1 is 1.52 bits per heavy atom. The molecule has 6 heteroatoms. The third-order valence-electron chi connectivity index (χ3n) is 3.70. The van der Waals surface area contributed by atoms with Gasteiger partial charge in [0, 0.05) is 17.1 Å². The first kappa shape index (κ1) is 14.3. The quantitative estimate of drug-likeness (QED) is 0.834. The highest BCUT2D eigenvalue weighted by atomic mass is 79.9. The van der Waals surface area contributed by atoms with Crippen LogP contribution in [0.4, 0.5) is 0 Å². The summed E-state index contributed by atoms with van der Waals surface area (Å²) in [5, 5.41) is 4.07. The van der Waals surface area contributed by atoms with Crippen molar-refractivity contribution in [2.75, 3.05) is 0 Å². The SMILES string of the molecule is C[C@H](C(=O)N(Cc1cccc(Br)c1)C1CC1)n1cncn1. The van der Waals surface area contributed by atoms with Gasteiger partial charge in [0.1, 0.15) is 18.7 Å². The highest BCUT2D eigenvalue weighted by Gasteiger charge is 2.35. The molecule has 1 aliphatic rings. The number of rotatable bonds is 5. The molecule has 1 aromatic heterocycles. The Hall–Kier alpha value is -1.69. The lowest BCUT2D eigenvalue weighted by Gasteiger charge is -2.26. The summed E-state index contributed by atoms with van der Waals surface area (Å²) < 4.78 is 2.64. The Bertz CT molecular complexity index is 624. The maximum Gasteiger partial charge on any atom is 0.247 e. The van der Waals surface area contributed by atoms with Crippen molar-refractivity contribution >= 4 is 21.8 Å². The minimum atomic E-state index is -0.319. The first-order valence-corrected chi connectivity index (χ1v) is 7.83. The van der Waals surface area contributed by atoms with Gasteiger partial charge in [-0.2, -0.15) is 5.10 Å². The Morgan fingerprint density at radius 3 is 2.95 bits per heavy atom. The smallest absolute Gasteiger partial charge is 0.247 e. The molecule has 3 rings (SSSR count). The molecule has 0 bridgehead atoms. The average Bonchev–Trinajstić information content (AvgIpc) is 3.17. The van der Waals surface area contributed by atoms with Crippen molar-refractivity contribution in [3.8, 4) is 0 Å². The molecule has 0 N–H and O–H groups in total. The number of aromatic nitrogens is 3. The molecule has 0 aliphatic heterocycles. The van der Waals surface area contributed by atoms with E-state index in [0.717, 1.165) is 22.9 Å². The molecule has 0 saturated heterocycles. The zero-order chi connectivity index (χ0) is 14.8. The minimum Gasteiger partial charge on any atom is -0.334 e. The molecular weight excluding hydrogens is 332 g/mol. The molecule has 1 amide bonds. The summed E-state index contributed by atoms with van der Waals surface area (Å²) in [6.07, 6.45) is 5.22. The second kappa shape index (κ2) is 5.97. The van der Waals surface area contributed by atoms with Crippen molar-refractivity contribution in [2.45, 2.75) is 38.4 Å². The monoisotopic (exact) mass is 348 g/mol. The summed E-state index contributed by atoms with van der Waals surface area (Å²) in [7, 11) is 0. The molecule has 21 heavy (non-hydrogen) atoms. The molecule has 0 unspecified atom stereocenters. The number of benzene rings is 1. The van der Waals surface area contributed by atoms with E-state index >= 15 is 0 Å². The van der Waals surface area contributed by atoms with E-state index < -0.39 is 0 Å². The second-order valence-electron chi connectivity index (χ2n) is 5.38. The summed E-state index contributed by atoms with van der Waals surface area (Å²) >= 11 is 3.48. The molecule has 1 saturated carbocycles.